The van der Waals surface area contributed by atoms with Gasteiger partial charge in [0, 0.05) is 30.8 Å². The second kappa shape index (κ2) is 13.9. The molecular weight excluding hydrogens is 558 g/mol. The first kappa shape index (κ1) is 30.6. The van der Waals surface area contributed by atoms with Crippen molar-refractivity contribution in [3.63, 3.8) is 0 Å². The first-order valence-corrected chi connectivity index (χ1v) is 14.1. The summed E-state index contributed by atoms with van der Waals surface area (Å²) in [5.41, 5.74) is 1.87. The number of halogens is 1. The molecule has 0 aromatic heterocycles. The minimum Gasteiger partial charge on any atom is -0.478 e. The zero-order valence-corrected chi connectivity index (χ0v) is 23.6. The molecule has 212 valence electrons. The molecule has 0 aliphatic carbocycles. The average molecular weight is 588 g/mol. The summed E-state index contributed by atoms with van der Waals surface area (Å²) in [5, 5.41) is 14.8. The lowest BCUT2D eigenvalue weighted by atomic mass is 10.0. The van der Waals surface area contributed by atoms with Crippen LogP contribution in [0.5, 0.6) is 0 Å². The molecule has 0 saturated heterocycles. The number of carbonyl (C=O) groups is 3. The van der Waals surface area contributed by atoms with Gasteiger partial charge in [-0.2, -0.15) is 0 Å². The van der Waals surface area contributed by atoms with Crippen LogP contribution in [-0.2, 0) is 26.0 Å². The summed E-state index contributed by atoms with van der Waals surface area (Å²) in [6.45, 7) is 1.86. The maximum Gasteiger partial charge on any atom is 0.335 e. The Morgan fingerprint density at radius 1 is 1.02 bits per heavy atom. The number of methoxy groups -OCH3 is 1. The summed E-state index contributed by atoms with van der Waals surface area (Å²) >= 11 is 6.28. The van der Waals surface area contributed by atoms with Crippen molar-refractivity contribution in [2.24, 2.45) is 0 Å². The van der Waals surface area contributed by atoms with Crippen molar-refractivity contribution >= 4 is 50.8 Å². The lowest BCUT2D eigenvalue weighted by molar-refractivity contribution is -0.117. The minimum atomic E-state index is -4.22. The number of urea groups is 1. The van der Waals surface area contributed by atoms with Gasteiger partial charge in [0.15, 0.2) is 5.78 Å². The fourth-order valence-electron chi connectivity index (χ4n) is 3.83. The number of benzene rings is 3. The van der Waals surface area contributed by atoms with Gasteiger partial charge in [-0.15, -0.1) is 0 Å². The molecule has 3 aromatic carbocycles. The SMILES string of the molecule is COCCNC(=O)Nc1ccc(S(=O)(=O)N(CC(=O)CCc2cccc(C(=O)O)c2)c2cccc(Cl)c2C)cc1. The standard InChI is InChI=1S/C28H30ClN3O7S/c1-19-25(29)7-4-8-26(19)32(18-23(33)12-9-20-5-3-6-21(17-20)27(34)35)40(37,38)24-13-10-22(11-14-24)31-28(36)30-15-16-39-2/h3-8,10-11,13-14,17H,9,12,15-16,18H2,1-2H3,(H,34,35)(H2,30,31,36). The lowest BCUT2D eigenvalue weighted by Crippen LogP contribution is -2.36. The number of aromatic carboxylic acids is 1. The van der Waals surface area contributed by atoms with Gasteiger partial charge in [-0.1, -0.05) is 29.8 Å². The smallest absolute Gasteiger partial charge is 0.335 e. The highest BCUT2D eigenvalue weighted by Crippen LogP contribution is 2.31. The number of ether oxygens (including phenoxy) is 1. The highest BCUT2D eigenvalue weighted by atomic mass is 35.5. The third-order valence-corrected chi connectivity index (χ3v) is 8.17. The Kier molecular flexibility index (Phi) is 10.7. The topological polar surface area (TPSA) is 142 Å². The normalized spacial score (nSPS) is 11.1. The molecule has 3 aromatic rings. The molecule has 0 fully saturated rings. The molecule has 3 N–H and O–H groups in total. The number of nitrogens with one attached hydrogen (secondary N) is 2. The maximum atomic E-state index is 13.8. The van der Waals surface area contributed by atoms with E-state index in [1.54, 1.807) is 37.3 Å². The van der Waals surface area contributed by atoms with E-state index in [9.17, 15) is 27.9 Å². The number of Topliss-reactive ketones (excluding diaryl/α,β-unsaturated/α-hetero) is 1. The van der Waals surface area contributed by atoms with Crippen LogP contribution in [0.3, 0.4) is 0 Å². The molecule has 0 aliphatic rings. The van der Waals surface area contributed by atoms with E-state index >= 15 is 0 Å². The number of carboxylic acid groups (broad SMARTS) is 1. The molecular formula is C28H30ClN3O7S. The predicted octanol–water partition coefficient (Wildman–Crippen LogP) is 4.51. The molecule has 0 radical (unpaired) electrons. The Bertz CT molecular complexity index is 1480. The van der Waals surface area contributed by atoms with Crippen LogP contribution in [0.2, 0.25) is 5.02 Å². The van der Waals surface area contributed by atoms with Crippen LogP contribution in [0.25, 0.3) is 0 Å². The number of rotatable bonds is 13. The summed E-state index contributed by atoms with van der Waals surface area (Å²) in [7, 11) is -2.71. The number of carboxylic acids is 1. The first-order chi connectivity index (χ1) is 19.0. The van der Waals surface area contributed by atoms with Crippen molar-refractivity contribution in [2.45, 2.75) is 24.7 Å². The summed E-state index contributed by atoms with van der Waals surface area (Å²) in [5.74, 6) is -1.44. The zero-order chi connectivity index (χ0) is 29.3. The third-order valence-electron chi connectivity index (χ3n) is 5.99. The number of aryl methyl sites for hydroxylation is 1. The molecule has 12 heteroatoms. The molecule has 0 saturated carbocycles. The van der Waals surface area contributed by atoms with Crippen LogP contribution >= 0.6 is 11.6 Å². The van der Waals surface area contributed by atoms with Crippen molar-refractivity contribution in [1.82, 2.24) is 5.32 Å². The number of sulfonamides is 1. The minimum absolute atomic E-state index is 0.00422. The zero-order valence-electron chi connectivity index (χ0n) is 22.0. The molecule has 10 nitrogen and oxygen atoms in total. The van der Waals surface area contributed by atoms with Gasteiger partial charge in [-0.05, 0) is 73.0 Å². The largest absolute Gasteiger partial charge is 0.478 e. The Hall–Kier alpha value is -3.93. The Balaban J connectivity index is 1.82. The van der Waals surface area contributed by atoms with Crippen molar-refractivity contribution in [3.05, 3.63) is 88.4 Å². The summed E-state index contributed by atoms with van der Waals surface area (Å²) in [6.07, 6.45) is 0.241. The molecule has 0 bridgehead atoms. The molecule has 0 aliphatic heterocycles. The Morgan fingerprint density at radius 3 is 2.40 bits per heavy atom. The van der Waals surface area contributed by atoms with Gasteiger partial charge in [0.05, 0.1) is 29.3 Å². The molecule has 3 rings (SSSR count). The highest BCUT2D eigenvalue weighted by molar-refractivity contribution is 7.92. The van der Waals surface area contributed by atoms with Crippen LogP contribution < -0.4 is 14.9 Å². The van der Waals surface area contributed by atoms with E-state index in [1.165, 1.54) is 43.5 Å². The van der Waals surface area contributed by atoms with Crippen LogP contribution in [0.15, 0.2) is 71.6 Å². The van der Waals surface area contributed by atoms with E-state index in [0.717, 1.165) is 4.31 Å². The predicted molar refractivity (Wildman–Crippen MR) is 153 cm³/mol. The number of hydrogen-bond donors (Lipinski definition) is 3. The van der Waals surface area contributed by atoms with Crippen LogP contribution in [-0.4, -0.2) is 58.1 Å². The quantitative estimate of drug-likeness (QED) is 0.250. The molecule has 0 spiro atoms. The second-order valence-electron chi connectivity index (χ2n) is 8.84. The number of nitrogens with zero attached hydrogens (tertiary/aromatic N) is 1. The van der Waals surface area contributed by atoms with Gasteiger partial charge in [0.2, 0.25) is 0 Å². The average Bonchev–Trinajstić information content (AvgIpc) is 2.93. The fourth-order valence-corrected chi connectivity index (χ4v) is 5.50. The highest BCUT2D eigenvalue weighted by Gasteiger charge is 2.28. The van der Waals surface area contributed by atoms with Gasteiger partial charge >= 0.3 is 12.0 Å². The van der Waals surface area contributed by atoms with E-state index < -0.39 is 28.6 Å². The summed E-state index contributed by atoms with van der Waals surface area (Å²) in [6, 6.07) is 16.2. The van der Waals surface area contributed by atoms with Crippen molar-refractivity contribution in [1.29, 1.82) is 0 Å². The monoisotopic (exact) mass is 587 g/mol. The second-order valence-corrected chi connectivity index (χ2v) is 11.1. The van der Waals surface area contributed by atoms with Gasteiger partial charge in [0.1, 0.15) is 0 Å². The molecule has 0 unspecified atom stereocenters. The third kappa shape index (κ3) is 8.04. The van der Waals surface area contributed by atoms with Crippen molar-refractivity contribution in [3.8, 4) is 0 Å². The van der Waals surface area contributed by atoms with E-state index in [1.807, 2.05) is 0 Å². The molecule has 0 atom stereocenters. The maximum absolute atomic E-state index is 13.8. The summed E-state index contributed by atoms with van der Waals surface area (Å²) < 4.78 is 33.5. The van der Waals surface area contributed by atoms with Gasteiger partial charge < -0.3 is 20.5 Å². The number of amides is 2. The fraction of sp³-hybridized carbons (Fsp3) is 0.250. The number of carbonyl (C=O) groups excluding carboxylic acids is 2. The van der Waals surface area contributed by atoms with Crippen LogP contribution in [0.1, 0.15) is 27.9 Å². The van der Waals surface area contributed by atoms with E-state index in [-0.39, 0.29) is 34.8 Å². The first-order valence-electron chi connectivity index (χ1n) is 12.3. The Labute approximate surface area is 238 Å². The molecule has 2 amide bonds. The van der Waals surface area contributed by atoms with E-state index in [0.29, 0.717) is 35.0 Å². The van der Waals surface area contributed by atoms with Crippen LogP contribution in [0.4, 0.5) is 16.2 Å². The number of ketones is 1. The molecule has 40 heavy (non-hydrogen) atoms. The molecule has 0 heterocycles. The van der Waals surface area contributed by atoms with Crippen LogP contribution in [0, 0.1) is 6.92 Å². The summed E-state index contributed by atoms with van der Waals surface area (Å²) in [4.78, 5) is 36.2. The number of hydrogen-bond acceptors (Lipinski definition) is 6. The van der Waals surface area contributed by atoms with E-state index in [4.69, 9.17) is 16.3 Å². The Morgan fingerprint density at radius 2 is 1.73 bits per heavy atom. The van der Waals surface area contributed by atoms with Crippen molar-refractivity contribution < 1.29 is 32.6 Å². The van der Waals surface area contributed by atoms with E-state index in [2.05, 4.69) is 10.6 Å². The van der Waals surface area contributed by atoms with Gasteiger partial charge in [-0.3, -0.25) is 9.10 Å². The van der Waals surface area contributed by atoms with Gasteiger partial charge in [0.25, 0.3) is 10.0 Å². The van der Waals surface area contributed by atoms with Crippen molar-refractivity contribution in [2.75, 3.05) is 36.4 Å². The van der Waals surface area contributed by atoms with Gasteiger partial charge in [-0.25, -0.2) is 18.0 Å². The lowest BCUT2D eigenvalue weighted by Gasteiger charge is -2.26. The number of anilines is 2.